The van der Waals surface area contributed by atoms with Crippen LogP contribution in [0.4, 0.5) is 0 Å². The molecule has 7 nitrogen and oxygen atoms in total. The van der Waals surface area contributed by atoms with E-state index in [1.807, 2.05) is 19.2 Å². The van der Waals surface area contributed by atoms with Gasteiger partial charge in [0.05, 0.1) is 14.2 Å². The minimum atomic E-state index is -3.69. The number of sulfonamides is 1. The maximum atomic E-state index is 12.5. The minimum absolute atomic E-state index is 0.0608. The monoisotopic (exact) mass is 339 g/mol. The van der Waals surface area contributed by atoms with Crippen molar-refractivity contribution in [2.24, 2.45) is 5.92 Å². The quantitative estimate of drug-likeness (QED) is 0.788. The fraction of sp³-hybridized carbons (Fsp3) is 0.400. The first-order valence-electron chi connectivity index (χ1n) is 7.15. The molecule has 0 amide bonds. The van der Waals surface area contributed by atoms with E-state index in [0.29, 0.717) is 18.8 Å². The molecule has 0 bridgehead atoms. The fourth-order valence-electron chi connectivity index (χ4n) is 2.12. The highest BCUT2D eigenvalue weighted by atomic mass is 32.2. The van der Waals surface area contributed by atoms with Crippen LogP contribution in [-0.2, 0) is 16.6 Å². The van der Waals surface area contributed by atoms with Gasteiger partial charge in [0, 0.05) is 31.5 Å². The SMILES string of the molecule is COc1ccc(OC)c(S(=O)(=O)NCC(C)Cn2cccn2)c1. The molecule has 8 heteroatoms. The van der Waals surface area contributed by atoms with Crippen LogP contribution in [0.15, 0.2) is 41.6 Å². The number of nitrogens with one attached hydrogen (secondary N) is 1. The number of hydrogen-bond donors (Lipinski definition) is 1. The molecule has 1 atom stereocenters. The number of nitrogens with zero attached hydrogens (tertiary/aromatic N) is 2. The Bertz CT molecular complexity index is 729. The standard InChI is InChI=1S/C15H21N3O4S/c1-12(11-18-8-4-7-16-18)10-17-23(19,20)15-9-13(21-2)5-6-14(15)22-3/h4-9,12,17H,10-11H2,1-3H3. The van der Waals surface area contributed by atoms with Gasteiger partial charge in [-0.1, -0.05) is 6.92 Å². The molecule has 1 heterocycles. The van der Waals surface area contributed by atoms with Crippen LogP contribution in [0.25, 0.3) is 0 Å². The summed E-state index contributed by atoms with van der Waals surface area (Å²) in [5, 5.41) is 4.11. The third-order valence-corrected chi connectivity index (χ3v) is 4.78. The zero-order valence-corrected chi connectivity index (χ0v) is 14.2. The highest BCUT2D eigenvalue weighted by Gasteiger charge is 2.21. The van der Waals surface area contributed by atoms with Crippen molar-refractivity contribution in [3.8, 4) is 11.5 Å². The Morgan fingerprint density at radius 3 is 2.70 bits per heavy atom. The van der Waals surface area contributed by atoms with Crippen LogP contribution in [0.1, 0.15) is 6.92 Å². The normalized spacial score (nSPS) is 12.8. The highest BCUT2D eigenvalue weighted by Crippen LogP contribution is 2.28. The molecule has 23 heavy (non-hydrogen) atoms. The highest BCUT2D eigenvalue weighted by molar-refractivity contribution is 7.89. The molecule has 0 aliphatic rings. The Hall–Kier alpha value is -2.06. The van der Waals surface area contributed by atoms with Crippen molar-refractivity contribution < 1.29 is 17.9 Å². The van der Waals surface area contributed by atoms with Crippen molar-refractivity contribution in [3.63, 3.8) is 0 Å². The van der Waals surface area contributed by atoms with Gasteiger partial charge in [-0.25, -0.2) is 13.1 Å². The molecule has 0 fully saturated rings. The molecule has 126 valence electrons. The summed E-state index contributed by atoms with van der Waals surface area (Å²) >= 11 is 0. The molecule has 1 unspecified atom stereocenters. The largest absolute Gasteiger partial charge is 0.497 e. The minimum Gasteiger partial charge on any atom is -0.497 e. The topological polar surface area (TPSA) is 82.5 Å². The van der Waals surface area contributed by atoms with E-state index in [1.54, 1.807) is 23.0 Å². The van der Waals surface area contributed by atoms with E-state index in [0.717, 1.165) is 0 Å². The lowest BCUT2D eigenvalue weighted by Gasteiger charge is -2.15. The average molecular weight is 339 g/mol. The Balaban J connectivity index is 2.09. The van der Waals surface area contributed by atoms with Gasteiger partial charge in [0.25, 0.3) is 0 Å². The molecule has 0 saturated heterocycles. The third-order valence-electron chi connectivity index (χ3n) is 3.34. The molecule has 2 rings (SSSR count). The average Bonchev–Trinajstić information content (AvgIpc) is 3.05. The number of aromatic nitrogens is 2. The maximum absolute atomic E-state index is 12.5. The number of rotatable bonds is 8. The van der Waals surface area contributed by atoms with Crippen molar-refractivity contribution in [3.05, 3.63) is 36.7 Å². The van der Waals surface area contributed by atoms with E-state index >= 15 is 0 Å². The zero-order chi connectivity index (χ0) is 16.9. The van der Waals surface area contributed by atoms with E-state index in [-0.39, 0.29) is 16.6 Å². The van der Waals surface area contributed by atoms with Gasteiger partial charge < -0.3 is 9.47 Å². The van der Waals surface area contributed by atoms with E-state index in [2.05, 4.69) is 9.82 Å². The number of hydrogen-bond acceptors (Lipinski definition) is 5. The Morgan fingerprint density at radius 2 is 2.09 bits per heavy atom. The zero-order valence-electron chi connectivity index (χ0n) is 13.4. The smallest absolute Gasteiger partial charge is 0.244 e. The second-order valence-electron chi connectivity index (χ2n) is 5.20. The summed E-state index contributed by atoms with van der Waals surface area (Å²) < 4.78 is 39.6. The van der Waals surface area contributed by atoms with Crippen molar-refractivity contribution >= 4 is 10.0 Å². The lowest BCUT2D eigenvalue weighted by atomic mass is 10.2. The molecular formula is C15H21N3O4S. The second kappa shape index (κ2) is 7.47. The van der Waals surface area contributed by atoms with Crippen molar-refractivity contribution in [1.29, 1.82) is 0 Å². The maximum Gasteiger partial charge on any atom is 0.244 e. The number of methoxy groups -OCH3 is 2. The van der Waals surface area contributed by atoms with Crippen LogP contribution >= 0.6 is 0 Å². The van der Waals surface area contributed by atoms with Gasteiger partial charge in [-0.2, -0.15) is 5.10 Å². The van der Waals surface area contributed by atoms with E-state index in [4.69, 9.17) is 9.47 Å². The summed E-state index contributed by atoms with van der Waals surface area (Å²) in [4.78, 5) is 0.0608. The molecule has 1 aromatic heterocycles. The summed E-state index contributed by atoms with van der Waals surface area (Å²) in [6.07, 6.45) is 3.54. The van der Waals surface area contributed by atoms with Crippen LogP contribution in [0.2, 0.25) is 0 Å². The summed E-state index contributed by atoms with van der Waals surface area (Å²) in [6, 6.07) is 6.50. The molecule has 1 N–H and O–H groups in total. The van der Waals surface area contributed by atoms with Gasteiger partial charge in [-0.3, -0.25) is 4.68 Å². The van der Waals surface area contributed by atoms with Crippen LogP contribution in [0, 0.1) is 5.92 Å². The second-order valence-corrected chi connectivity index (χ2v) is 6.94. The summed E-state index contributed by atoms with van der Waals surface area (Å²) in [6.45, 7) is 2.88. The first kappa shape index (κ1) is 17.3. The van der Waals surface area contributed by atoms with Gasteiger partial charge in [-0.05, 0) is 24.1 Å². The van der Waals surface area contributed by atoms with Gasteiger partial charge in [0.1, 0.15) is 16.4 Å². The van der Waals surface area contributed by atoms with E-state index < -0.39 is 10.0 Å². The van der Waals surface area contributed by atoms with Crippen molar-refractivity contribution in [1.82, 2.24) is 14.5 Å². The van der Waals surface area contributed by atoms with E-state index in [1.165, 1.54) is 20.3 Å². The Labute approximate surface area is 136 Å². The first-order valence-corrected chi connectivity index (χ1v) is 8.63. The Morgan fingerprint density at radius 1 is 1.30 bits per heavy atom. The molecule has 0 aliphatic heterocycles. The van der Waals surface area contributed by atoms with Gasteiger partial charge >= 0.3 is 0 Å². The van der Waals surface area contributed by atoms with E-state index in [9.17, 15) is 8.42 Å². The molecule has 0 saturated carbocycles. The summed E-state index contributed by atoms with van der Waals surface area (Å²) in [5.74, 6) is 0.815. The Kier molecular flexibility index (Phi) is 5.62. The summed E-state index contributed by atoms with van der Waals surface area (Å²) in [5.41, 5.74) is 0. The number of ether oxygens (including phenoxy) is 2. The molecule has 1 aromatic carbocycles. The lowest BCUT2D eigenvalue weighted by molar-refractivity contribution is 0.391. The molecule has 0 radical (unpaired) electrons. The molecule has 0 spiro atoms. The van der Waals surface area contributed by atoms with Crippen LogP contribution in [0.5, 0.6) is 11.5 Å². The lowest BCUT2D eigenvalue weighted by Crippen LogP contribution is -2.30. The van der Waals surface area contributed by atoms with Crippen molar-refractivity contribution in [2.45, 2.75) is 18.4 Å². The van der Waals surface area contributed by atoms with Gasteiger partial charge in [-0.15, -0.1) is 0 Å². The predicted molar refractivity (Wildman–Crippen MR) is 86.1 cm³/mol. The van der Waals surface area contributed by atoms with Gasteiger partial charge in [0.15, 0.2) is 0 Å². The predicted octanol–water partition coefficient (Wildman–Crippen LogP) is 1.51. The molecule has 0 aliphatic carbocycles. The summed E-state index contributed by atoms with van der Waals surface area (Å²) in [7, 11) is -0.779. The van der Waals surface area contributed by atoms with Gasteiger partial charge in [0.2, 0.25) is 10.0 Å². The van der Waals surface area contributed by atoms with Crippen LogP contribution in [-0.4, -0.2) is 39.0 Å². The number of benzene rings is 1. The van der Waals surface area contributed by atoms with Crippen LogP contribution in [0.3, 0.4) is 0 Å². The fourth-order valence-corrected chi connectivity index (χ4v) is 3.46. The molecular weight excluding hydrogens is 318 g/mol. The van der Waals surface area contributed by atoms with Crippen LogP contribution < -0.4 is 14.2 Å². The first-order chi connectivity index (χ1) is 11.0. The molecule has 2 aromatic rings. The van der Waals surface area contributed by atoms with Crippen molar-refractivity contribution in [2.75, 3.05) is 20.8 Å². The third kappa shape index (κ3) is 4.46.